The van der Waals surface area contributed by atoms with Gasteiger partial charge in [0.15, 0.2) is 0 Å². The molecule has 0 fully saturated rings. The molecule has 0 saturated heterocycles. The van der Waals surface area contributed by atoms with Crippen LogP contribution in [-0.2, 0) is 6.61 Å². The van der Waals surface area contributed by atoms with Gasteiger partial charge in [-0.1, -0.05) is 42.5 Å². The SMILES string of the molecule is N#Cc1ccccc1-c1ccc(COc2ccc(-n3cnnn3)cc2)cc1. The molecule has 0 unspecified atom stereocenters. The molecule has 6 nitrogen and oxygen atoms in total. The van der Waals surface area contributed by atoms with E-state index in [9.17, 15) is 5.26 Å². The van der Waals surface area contributed by atoms with Crippen molar-refractivity contribution in [3.05, 3.63) is 90.3 Å². The number of aromatic nitrogens is 4. The Morgan fingerprint density at radius 1 is 0.926 bits per heavy atom. The molecule has 0 bridgehead atoms. The monoisotopic (exact) mass is 353 g/mol. The summed E-state index contributed by atoms with van der Waals surface area (Å²) in [4.78, 5) is 0. The zero-order valence-corrected chi connectivity index (χ0v) is 14.4. The molecule has 3 aromatic carbocycles. The van der Waals surface area contributed by atoms with E-state index in [1.165, 1.54) is 0 Å². The van der Waals surface area contributed by atoms with Crippen LogP contribution in [0, 0.1) is 11.3 Å². The first kappa shape index (κ1) is 16.5. The Bertz CT molecular complexity index is 1070. The highest BCUT2D eigenvalue weighted by Gasteiger charge is 2.04. The van der Waals surface area contributed by atoms with Gasteiger partial charge in [0.25, 0.3) is 0 Å². The quantitative estimate of drug-likeness (QED) is 0.546. The Labute approximate surface area is 156 Å². The van der Waals surface area contributed by atoms with Gasteiger partial charge in [-0.05, 0) is 57.4 Å². The molecule has 27 heavy (non-hydrogen) atoms. The zero-order valence-electron chi connectivity index (χ0n) is 14.4. The number of benzene rings is 3. The third-order valence-electron chi connectivity index (χ3n) is 4.17. The van der Waals surface area contributed by atoms with E-state index < -0.39 is 0 Å². The first-order valence-corrected chi connectivity index (χ1v) is 8.38. The molecule has 6 heteroatoms. The van der Waals surface area contributed by atoms with Crippen molar-refractivity contribution in [2.45, 2.75) is 6.61 Å². The Hall–Kier alpha value is -3.98. The van der Waals surface area contributed by atoms with Crippen molar-refractivity contribution in [1.29, 1.82) is 5.26 Å². The highest BCUT2D eigenvalue weighted by atomic mass is 16.5. The molecule has 4 rings (SSSR count). The van der Waals surface area contributed by atoms with Crippen molar-refractivity contribution in [3.63, 3.8) is 0 Å². The molecular formula is C21H15N5O. The van der Waals surface area contributed by atoms with Crippen LogP contribution in [0.2, 0.25) is 0 Å². The molecule has 130 valence electrons. The van der Waals surface area contributed by atoms with Gasteiger partial charge in [0.2, 0.25) is 0 Å². The number of tetrazole rings is 1. The lowest BCUT2D eigenvalue weighted by atomic mass is 9.99. The molecule has 0 atom stereocenters. The van der Waals surface area contributed by atoms with Gasteiger partial charge in [0, 0.05) is 0 Å². The lowest BCUT2D eigenvalue weighted by Crippen LogP contribution is -1.97. The predicted octanol–water partition coefficient (Wildman–Crippen LogP) is 3.78. The average molecular weight is 353 g/mol. The van der Waals surface area contributed by atoms with E-state index >= 15 is 0 Å². The number of hydrogen-bond donors (Lipinski definition) is 0. The van der Waals surface area contributed by atoms with E-state index in [0.717, 1.165) is 28.1 Å². The highest BCUT2D eigenvalue weighted by molar-refractivity contribution is 5.70. The first-order chi connectivity index (χ1) is 13.3. The summed E-state index contributed by atoms with van der Waals surface area (Å²) in [6, 6.07) is 25.4. The molecule has 0 saturated carbocycles. The van der Waals surface area contributed by atoms with Crippen molar-refractivity contribution in [3.8, 4) is 28.6 Å². The summed E-state index contributed by atoms with van der Waals surface area (Å²) in [6.07, 6.45) is 1.54. The Balaban J connectivity index is 1.43. The van der Waals surface area contributed by atoms with E-state index in [4.69, 9.17) is 4.74 Å². The smallest absolute Gasteiger partial charge is 0.143 e. The van der Waals surface area contributed by atoms with Crippen LogP contribution < -0.4 is 4.74 Å². The van der Waals surface area contributed by atoms with E-state index in [-0.39, 0.29) is 0 Å². The fourth-order valence-electron chi connectivity index (χ4n) is 2.75. The summed E-state index contributed by atoms with van der Waals surface area (Å²) in [7, 11) is 0. The molecule has 1 aromatic heterocycles. The van der Waals surface area contributed by atoms with Gasteiger partial charge in [-0.15, -0.1) is 5.10 Å². The van der Waals surface area contributed by atoms with Crippen molar-refractivity contribution in [2.24, 2.45) is 0 Å². The van der Waals surface area contributed by atoms with Crippen LogP contribution in [0.3, 0.4) is 0 Å². The fourth-order valence-corrected chi connectivity index (χ4v) is 2.75. The molecule has 1 heterocycles. The van der Waals surface area contributed by atoms with Crippen molar-refractivity contribution in [1.82, 2.24) is 20.2 Å². The van der Waals surface area contributed by atoms with Crippen LogP contribution >= 0.6 is 0 Å². The van der Waals surface area contributed by atoms with Crippen molar-refractivity contribution in [2.75, 3.05) is 0 Å². The molecule has 4 aromatic rings. The maximum Gasteiger partial charge on any atom is 0.143 e. The number of nitriles is 1. The second-order valence-electron chi connectivity index (χ2n) is 5.89. The van der Waals surface area contributed by atoms with Crippen LogP contribution in [-0.4, -0.2) is 20.2 Å². The van der Waals surface area contributed by atoms with Gasteiger partial charge in [-0.25, -0.2) is 4.68 Å². The Morgan fingerprint density at radius 3 is 2.41 bits per heavy atom. The number of rotatable bonds is 5. The zero-order chi connectivity index (χ0) is 18.5. The lowest BCUT2D eigenvalue weighted by molar-refractivity contribution is 0.306. The lowest BCUT2D eigenvalue weighted by Gasteiger charge is -2.09. The van der Waals surface area contributed by atoms with Gasteiger partial charge in [-0.3, -0.25) is 0 Å². The van der Waals surface area contributed by atoms with Gasteiger partial charge >= 0.3 is 0 Å². The van der Waals surface area contributed by atoms with Gasteiger partial charge in [0.1, 0.15) is 18.7 Å². The molecule has 0 aliphatic carbocycles. The topological polar surface area (TPSA) is 76.6 Å². The van der Waals surface area contributed by atoms with E-state index in [1.807, 2.05) is 72.8 Å². The minimum absolute atomic E-state index is 0.463. The third kappa shape index (κ3) is 3.67. The van der Waals surface area contributed by atoms with E-state index in [2.05, 4.69) is 21.6 Å². The maximum atomic E-state index is 9.24. The van der Waals surface area contributed by atoms with Crippen LogP contribution in [0.25, 0.3) is 16.8 Å². The van der Waals surface area contributed by atoms with Gasteiger partial charge < -0.3 is 4.74 Å². The average Bonchev–Trinajstić information content (AvgIpc) is 3.28. The minimum Gasteiger partial charge on any atom is -0.489 e. The van der Waals surface area contributed by atoms with E-state index in [0.29, 0.717) is 12.2 Å². The number of nitrogens with zero attached hydrogens (tertiary/aromatic N) is 5. The highest BCUT2D eigenvalue weighted by Crippen LogP contribution is 2.24. The normalized spacial score (nSPS) is 10.3. The van der Waals surface area contributed by atoms with Crippen LogP contribution in [0.4, 0.5) is 0 Å². The second-order valence-corrected chi connectivity index (χ2v) is 5.89. The molecular weight excluding hydrogens is 338 g/mol. The largest absolute Gasteiger partial charge is 0.489 e. The van der Waals surface area contributed by atoms with E-state index in [1.54, 1.807) is 11.0 Å². The van der Waals surface area contributed by atoms with Crippen molar-refractivity contribution >= 4 is 0 Å². The molecule has 0 spiro atoms. The summed E-state index contributed by atoms with van der Waals surface area (Å²) in [6.45, 7) is 0.463. The summed E-state index contributed by atoms with van der Waals surface area (Å²) in [5, 5.41) is 20.3. The summed E-state index contributed by atoms with van der Waals surface area (Å²) in [5.41, 5.74) is 4.54. The van der Waals surface area contributed by atoms with Crippen molar-refractivity contribution < 1.29 is 4.74 Å². The molecule has 0 N–H and O–H groups in total. The van der Waals surface area contributed by atoms with Gasteiger partial charge in [-0.2, -0.15) is 5.26 Å². The summed E-state index contributed by atoms with van der Waals surface area (Å²) in [5.74, 6) is 0.769. The number of ether oxygens (including phenoxy) is 1. The Morgan fingerprint density at radius 2 is 1.70 bits per heavy atom. The first-order valence-electron chi connectivity index (χ1n) is 8.38. The summed E-state index contributed by atoms with van der Waals surface area (Å²) >= 11 is 0. The van der Waals surface area contributed by atoms with Gasteiger partial charge in [0.05, 0.1) is 17.3 Å². The Kier molecular flexibility index (Phi) is 4.58. The molecule has 0 aliphatic rings. The maximum absolute atomic E-state index is 9.24. The fraction of sp³-hybridized carbons (Fsp3) is 0.0476. The summed E-state index contributed by atoms with van der Waals surface area (Å²) < 4.78 is 7.43. The molecule has 0 radical (unpaired) electrons. The van der Waals surface area contributed by atoms with Crippen LogP contribution in [0.15, 0.2) is 79.1 Å². The molecule has 0 amide bonds. The minimum atomic E-state index is 0.463. The number of hydrogen-bond acceptors (Lipinski definition) is 5. The molecule has 0 aliphatic heterocycles. The third-order valence-corrected chi connectivity index (χ3v) is 4.17. The standard InChI is InChI=1S/C21H15N5O/c22-13-18-3-1-2-4-21(18)17-7-5-16(6-8-17)14-27-20-11-9-19(10-12-20)26-15-23-24-25-26/h1-12,15H,14H2. The predicted molar refractivity (Wildman–Crippen MR) is 100 cm³/mol. The van der Waals surface area contributed by atoms with Crippen LogP contribution in [0.1, 0.15) is 11.1 Å². The second kappa shape index (κ2) is 7.50. The van der Waals surface area contributed by atoms with Crippen LogP contribution in [0.5, 0.6) is 5.75 Å².